The first-order valence-electron chi connectivity index (χ1n) is 8.26. The number of rotatable bonds is 7. The summed E-state index contributed by atoms with van der Waals surface area (Å²) in [5.41, 5.74) is -2.48. The maximum atomic E-state index is 14.1. The quantitative estimate of drug-likeness (QED) is 0.229. The van der Waals surface area contributed by atoms with Gasteiger partial charge < -0.3 is 14.2 Å². The van der Waals surface area contributed by atoms with Gasteiger partial charge in [0.05, 0.1) is 30.8 Å². The topological polar surface area (TPSA) is 68.5 Å². The van der Waals surface area contributed by atoms with Crippen LogP contribution in [0.15, 0.2) is 11.8 Å². The van der Waals surface area contributed by atoms with Gasteiger partial charge in [-0.15, -0.1) is 0 Å². The van der Waals surface area contributed by atoms with Gasteiger partial charge in [-0.2, -0.15) is 5.26 Å². The fourth-order valence-electron chi connectivity index (χ4n) is 3.11. The monoisotopic (exact) mass is 401 g/mol. The Morgan fingerprint density at radius 3 is 2.00 bits per heavy atom. The highest BCUT2D eigenvalue weighted by Crippen LogP contribution is 2.59. The second-order valence-electron chi connectivity index (χ2n) is 6.93. The number of carbonyl (C=O) groups excluding carboxylic acids is 1. The summed E-state index contributed by atoms with van der Waals surface area (Å²) in [7, 11) is 2.42. The fraction of sp³-hybridized carbons (Fsp3) is 0.474. The molecular weight excluding hydrogens is 382 g/mol. The molecule has 0 aromatic heterocycles. The number of benzene rings is 1. The van der Waals surface area contributed by atoms with Crippen LogP contribution < -0.4 is 0 Å². The molecule has 0 aliphatic heterocycles. The number of halogens is 4. The third-order valence-corrected chi connectivity index (χ3v) is 4.92. The molecule has 9 heteroatoms. The van der Waals surface area contributed by atoms with E-state index in [0.29, 0.717) is 0 Å². The van der Waals surface area contributed by atoms with Gasteiger partial charge in [0.1, 0.15) is 12.7 Å². The van der Waals surface area contributed by atoms with Crippen LogP contribution in [-0.4, -0.2) is 20.2 Å². The van der Waals surface area contributed by atoms with Crippen LogP contribution in [0.3, 0.4) is 0 Å². The molecule has 0 bridgehead atoms. The Balaban J connectivity index is 2.18. The Morgan fingerprint density at radius 2 is 1.57 bits per heavy atom. The van der Waals surface area contributed by atoms with Gasteiger partial charge in [-0.05, 0) is 11.5 Å². The van der Waals surface area contributed by atoms with Crippen molar-refractivity contribution in [3.8, 4) is 6.07 Å². The van der Waals surface area contributed by atoms with Crippen LogP contribution in [0.25, 0.3) is 0 Å². The van der Waals surface area contributed by atoms with Crippen LogP contribution in [0.1, 0.15) is 25.0 Å². The van der Waals surface area contributed by atoms with Crippen LogP contribution >= 0.6 is 0 Å². The van der Waals surface area contributed by atoms with Crippen LogP contribution in [0, 0.1) is 51.9 Å². The molecule has 5 nitrogen and oxygen atoms in total. The second-order valence-corrected chi connectivity index (χ2v) is 6.93. The van der Waals surface area contributed by atoms with E-state index in [-0.39, 0.29) is 11.7 Å². The smallest absolute Gasteiger partial charge is 0.310 e. The lowest BCUT2D eigenvalue weighted by atomic mass is 10.1. The third-order valence-electron chi connectivity index (χ3n) is 4.92. The van der Waals surface area contributed by atoms with Crippen molar-refractivity contribution >= 4 is 5.97 Å². The molecule has 2 atom stereocenters. The molecule has 0 saturated heterocycles. The largest absolute Gasteiger partial charge is 0.487 e. The maximum absolute atomic E-state index is 14.1. The molecule has 1 saturated carbocycles. The van der Waals surface area contributed by atoms with E-state index in [9.17, 15) is 22.4 Å². The minimum absolute atomic E-state index is 0.0170. The molecule has 0 N–H and O–H groups in total. The molecule has 1 aromatic carbocycles. The van der Waals surface area contributed by atoms with E-state index in [4.69, 9.17) is 14.7 Å². The van der Waals surface area contributed by atoms with Crippen molar-refractivity contribution < 1.29 is 36.6 Å². The van der Waals surface area contributed by atoms with Crippen molar-refractivity contribution in [2.45, 2.75) is 27.1 Å². The Labute approximate surface area is 159 Å². The molecule has 0 radical (unpaired) electrons. The number of esters is 1. The van der Waals surface area contributed by atoms with Crippen molar-refractivity contribution in [2.24, 2.45) is 17.3 Å². The van der Waals surface area contributed by atoms with E-state index in [1.54, 1.807) is 13.8 Å². The zero-order valence-electron chi connectivity index (χ0n) is 15.7. The fourth-order valence-corrected chi connectivity index (χ4v) is 3.11. The first-order chi connectivity index (χ1) is 13.1. The maximum Gasteiger partial charge on any atom is 0.310 e. The summed E-state index contributed by atoms with van der Waals surface area (Å²) in [6.07, 6.45) is 1.46. The SMILES string of the molecule is COCc1c(F)c(F)c(COC(=O)[C@@H]2[C@@H](/C=C(/C#N)OC)C2(C)C)c(F)c1F. The molecule has 1 aliphatic rings. The van der Waals surface area contributed by atoms with Gasteiger partial charge in [0.25, 0.3) is 0 Å². The molecule has 0 heterocycles. The van der Waals surface area contributed by atoms with Gasteiger partial charge in [-0.3, -0.25) is 4.79 Å². The lowest BCUT2D eigenvalue weighted by molar-refractivity contribution is -0.147. The van der Waals surface area contributed by atoms with Gasteiger partial charge in [0.15, 0.2) is 29.0 Å². The number of hydrogen-bond donors (Lipinski definition) is 0. The highest BCUT2D eigenvalue weighted by atomic mass is 19.2. The minimum atomic E-state index is -1.64. The summed E-state index contributed by atoms with van der Waals surface area (Å²) in [6.45, 7) is 1.85. The number of allylic oxidation sites excluding steroid dienone is 2. The second kappa shape index (κ2) is 8.19. The normalized spacial score (nSPS) is 20.5. The summed E-state index contributed by atoms with van der Waals surface area (Å²) < 4.78 is 70.3. The van der Waals surface area contributed by atoms with Crippen LogP contribution in [0.4, 0.5) is 17.6 Å². The van der Waals surface area contributed by atoms with Crippen molar-refractivity contribution in [1.82, 2.24) is 0 Å². The van der Waals surface area contributed by atoms with E-state index in [2.05, 4.69) is 4.74 Å². The molecule has 0 unspecified atom stereocenters. The van der Waals surface area contributed by atoms with Gasteiger partial charge in [0.2, 0.25) is 0 Å². The third kappa shape index (κ3) is 3.83. The highest BCUT2D eigenvalue weighted by Gasteiger charge is 2.62. The summed E-state index contributed by atoms with van der Waals surface area (Å²) >= 11 is 0. The Bertz CT molecular complexity index is 831. The molecular formula is C19H19F4NO4. The number of nitrogens with zero attached hydrogens (tertiary/aromatic N) is 1. The molecule has 152 valence electrons. The predicted molar refractivity (Wildman–Crippen MR) is 88.2 cm³/mol. The van der Waals surface area contributed by atoms with Crippen molar-refractivity contribution in [2.75, 3.05) is 14.2 Å². The standard InChI is InChI=1S/C19H19F4NO4/c1-19(2)12(5-9(6-24)27-4)13(19)18(25)28-8-11-16(22)14(20)10(7-26-3)15(21)17(11)23/h5,12-13H,7-8H2,1-4H3/b9-5-/t12-,13+/m1/s1. The average molecular weight is 401 g/mol. The minimum Gasteiger partial charge on any atom is -0.487 e. The molecule has 2 rings (SSSR count). The Hall–Kier alpha value is -2.60. The summed E-state index contributed by atoms with van der Waals surface area (Å²) in [6, 6.07) is 1.82. The molecule has 28 heavy (non-hydrogen) atoms. The zero-order valence-corrected chi connectivity index (χ0v) is 15.7. The summed E-state index contributed by atoms with van der Waals surface area (Å²) in [4.78, 5) is 12.3. The summed E-state index contributed by atoms with van der Waals surface area (Å²) in [5, 5.41) is 8.90. The molecule has 1 aliphatic carbocycles. The van der Waals surface area contributed by atoms with Crippen LogP contribution in [0.5, 0.6) is 0 Å². The predicted octanol–water partition coefficient (Wildman–Crippen LogP) is 3.76. The highest BCUT2D eigenvalue weighted by molar-refractivity contribution is 5.78. The van der Waals surface area contributed by atoms with E-state index >= 15 is 0 Å². The number of carbonyl (C=O) groups is 1. The van der Waals surface area contributed by atoms with Crippen LogP contribution in [0.2, 0.25) is 0 Å². The van der Waals surface area contributed by atoms with E-state index in [1.807, 2.05) is 6.07 Å². The van der Waals surface area contributed by atoms with Gasteiger partial charge >= 0.3 is 5.97 Å². The lowest BCUT2D eigenvalue weighted by Gasteiger charge is -2.12. The van der Waals surface area contributed by atoms with E-state index in [0.717, 1.165) is 7.11 Å². The van der Waals surface area contributed by atoms with Gasteiger partial charge in [0, 0.05) is 13.0 Å². The van der Waals surface area contributed by atoms with Gasteiger partial charge in [-0.25, -0.2) is 17.6 Å². The van der Waals surface area contributed by atoms with Crippen LogP contribution in [-0.2, 0) is 32.2 Å². The molecule has 1 aromatic rings. The first-order valence-corrected chi connectivity index (χ1v) is 8.26. The zero-order chi connectivity index (χ0) is 21.2. The van der Waals surface area contributed by atoms with Crippen molar-refractivity contribution in [1.29, 1.82) is 5.26 Å². The van der Waals surface area contributed by atoms with E-state index in [1.165, 1.54) is 13.2 Å². The Morgan fingerprint density at radius 1 is 1.07 bits per heavy atom. The molecule has 1 fully saturated rings. The summed E-state index contributed by atoms with van der Waals surface area (Å²) in [5.74, 6) is -8.35. The Kier molecular flexibility index (Phi) is 6.34. The molecule has 0 amide bonds. The number of methoxy groups -OCH3 is 2. The number of ether oxygens (including phenoxy) is 3. The molecule has 0 spiro atoms. The van der Waals surface area contributed by atoms with Crippen molar-refractivity contribution in [3.63, 3.8) is 0 Å². The average Bonchev–Trinajstić information content (AvgIpc) is 3.21. The van der Waals surface area contributed by atoms with E-state index < -0.39 is 64.9 Å². The van der Waals surface area contributed by atoms with Crippen molar-refractivity contribution in [3.05, 3.63) is 46.2 Å². The lowest BCUT2D eigenvalue weighted by Crippen LogP contribution is -2.15. The van der Waals surface area contributed by atoms with Gasteiger partial charge in [-0.1, -0.05) is 13.8 Å². The first kappa shape index (κ1) is 21.7. The number of nitriles is 1. The number of hydrogen-bond acceptors (Lipinski definition) is 5.